The summed E-state index contributed by atoms with van der Waals surface area (Å²) in [7, 11) is 1.61. The number of hydrogen-bond acceptors (Lipinski definition) is 5. The molecule has 0 spiro atoms. The molecule has 1 amide bonds. The van der Waals surface area contributed by atoms with Crippen LogP contribution in [0, 0.1) is 6.92 Å². The van der Waals surface area contributed by atoms with E-state index in [1.165, 1.54) is 0 Å². The second-order valence-corrected chi connectivity index (χ2v) is 6.43. The highest BCUT2D eigenvalue weighted by Gasteiger charge is 2.36. The van der Waals surface area contributed by atoms with E-state index in [-0.39, 0.29) is 11.8 Å². The molecule has 1 saturated heterocycles. The maximum Gasteiger partial charge on any atom is 0.253 e. The molecule has 0 aliphatic carbocycles. The van der Waals surface area contributed by atoms with Crippen LogP contribution in [0.3, 0.4) is 0 Å². The van der Waals surface area contributed by atoms with E-state index >= 15 is 0 Å². The Morgan fingerprint density at radius 3 is 2.62 bits per heavy atom. The van der Waals surface area contributed by atoms with Crippen LogP contribution in [-0.2, 0) is 0 Å². The minimum Gasteiger partial charge on any atom is -0.496 e. The summed E-state index contributed by atoms with van der Waals surface area (Å²) in [6.45, 7) is 3.17. The van der Waals surface area contributed by atoms with Crippen molar-refractivity contribution in [3.63, 3.8) is 0 Å². The fraction of sp³-hybridized carbons (Fsp3) is 0.250. The second-order valence-electron chi connectivity index (χ2n) is 6.43. The summed E-state index contributed by atoms with van der Waals surface area (Å²) in [6.07, 6.45) is 0. The highest BCUT2D eigenvalue weighted by Crippen LogP contribution is 2.31. The summed E-state index contributed by atoms with van der Waals surface area (Å²) in [5, 5.41) is 4.07. The number of aromatic nitrogens is 2. The fourth-order valence-electron chi connectivity index (χ4n) is 3.02. The fourth-order valence-corrected chi connectivity index (χ4v) is 3.02. The number of aryl methyl sites for hydroxylation is 1. The number of likely N-dealkylation sites (tertiary alicyclic amines) is 1. The van der Waals surface area contributed by atoms with Gasteiger partial charge in [-0.2, -0.15) is 4.98 Å². The van der Waals surface area contributed by atoms with E-state index in [0.717, 1.165) is 11.1 Å². The van der Waals surface area contributed by atoms with Crippen LogP contribution >= 0.6 is 0 Å². The second kappa shape index (κ2) is 6.63. The van der Waals surface area contributed by atoms with E-state index < -0.39 is 0 Å². The summed E-state index contributed by atoms with van der Waals surface area (Å²) in [4.78, 5) is 18.8. The van der Waals surface area contributed by atoms with Crippen molar-refractivity contribution in [2.45, 2.75) is 12.8 Å². The number of para-hydroxylation sites is 1. The zero-order chi connectivity index (χ0) is 18.1. The lowest BCUT2D eigenvalue weighted by Gasteiger charge is -2.37. The first-order valence-corrected chi connectivity index (χ1v) is 8.48. The molecular weight excluding hydrogens is 330 g/mol. The summed E-state index contributed by atoms with van der Waals surface area (Å²) >= 11 is 0. The minimum atomic E-state index is 0.0331. The third kappa shape index (κ3) is 2.94. The standard InChI is InChI=1S/C20H19N3O3/c1-13-7-9-14(10-8-13)20(24)23-11-15(12-23)19-21-18(22-26-19)16-5-3-4-6-17(16)25-2/h3-10,15H,11-12H2,1-2H3. The molecule has 1 aliphatic rings. The lowest BCUT2D eigenvalue weighted by Crippen LogP contribution is -2.48. The highest BCUT2D eigenvalue weighted by atomic mass is 16.5. The highest BCUT2D eigenvalue weighted by molar-refractivity contribution is 5.94. The Kier molecular flexibility index (Phi) is 4.16. The molecule has 0 N–H and O–H groups in total. The smallest absolute Gasteiger partial charge is 0.253 e. The normalized spacial score (nSPS) is 14.2. The molecule has 132 valence electrons. The molecule has 6 nitrogen and oxygen atoms in total. The summed E-state index contributed by atoms with van der Waals surface area (Å²) < 4.78 is 10.8. The monoisotopic (exact) mass is 349 g/mol. The molecule has 0 radical (unpaired) electrons. The van der Waals surface area contributed by atoms with Crippen molar-refractivity contribution in [3.05, 3.63) is 65.5 Å². The Labute approximate surface area is 151 Å². The number of amides is 1. The Morgan fingerprint density at radius 1 is 1.15 bits per heavy atom. The molecular formula is C20H19N3O3. The van der Waals surface area contributed by atoms with Crippen molar-refractivity contribution in [1.29, 1.82) is 0 Å². The average molecular weight is 349 g/mol. The van der Waals surface area contributed by atoms with Crippen LogP contribution in [0.15, 0.2) is 53.1 Å². The third-order valence-corrected chi connectivity index (χ3v) is 4.61. The molecule has 1 aliphatic heterocycles. The number of nitrogens with zero attached hydrogens (tertiary/aromatic N) is 3. The van der Waals surface area contributed by atoms with Crippen LogP contribution in [0.2, 0.25) is 0 Å². The van der Waals surface area contributed by atoms with Crippen LogP contribution in [0.1, 0.15) is 27.7 Å². The van der Waals surface area contributed by atoms with Crippen LogP contribution in [0.25, 0.3) is 11.4 Å². The lowest BCUT2D eigenvalue weighted by molar-refractivity contribution is 0.0569. The molecule has 1 aromatic heterocycles. The molecule has 4 rings (SSSR count). The third-order valence-electron chi connectivity index (χ3n) is 4.61. The molecule has 0 bridgehead atoms. The Morgan fingerprint density at radius 2 is 1.88 bits per heavy atom. The molecule has 0 saturated carbocycles. The maximum absolute atomic E-state index is 12.5. The predicted octanol–water partition coefficient (Wildman–Crippen LogP) is 3.29. The molecule has 0 unspecified atom stereocenters. The van der Waals surface area contributed by atoms with Crippen molar-refractivity contribution in [3.8, 4) is 17.1 Å². The van der Waals surface area contributed by atoms with Crippen LogP contribution in [0.4, 0.5) is 0 Å². The van der Waals surface area contributed by atoms with Gasteiger partial charge in [0, 0.05) is 18.7 Å². The molecule has 0 atom stereocenters. The zero-order valence-corrected chi connectivity index (χ0v) is 14.7. The van der Waals surface area contributed by atoms with Crippen molar-refractivity contribution in [2.24, 2.45) is 0 Å². The number of carbonyl (C=O) groups excluding carboxylic acids is 1. The lowest BCUT2D eigenvalue weighted by atomic mass is 9.98. The first kappa shape index (κ1) is 16.3. The number of benzene rings is 2. The van der Waals surface area contributed by atoms with E-state index in [1.54, 1.807) is 12.0 Å². The Bertz CT molecular complexity index is 927. The minimum absolute atomic E-state index is 0.0331. The van der Waals surface area contributed by atoms with Gasteiger partial charge in [-0.1, -0.05) is 35.0 Å². The van der Waals surface area contributed by atoms with Crippen LogP contribution in [0.5, 0.6) is 5.75 Å². The molecule has 6 heteroatoms. The van der Waals surface area contributed by atoms with E-state index in [0.29, 0.717) is 36.1 Å². The van der Waals surface area contributed by atoms with Crippen molar-refractivity contribution in [2.75, 3.05) is 20.2 Å². The number of rotatable bonds is 4. The molecule has 1 fully saturated rings. The number of hydrogen-bond donors (Lipinski definition) is 0. The van der Waals surface area contributed by atoms with Crippen molar-refractivity contribution < 1.29 is 14.1 Å². The van der Waals surface area contributed by atoms with Crippen molar-refractivity contribution in [1.82, 2.24) is 15.0 Å². The topological polar surface area (TPSA) is 68.5 Å². The van der Waals surface area contributed by atoms with E-state index in [4.69, 9.17) is 9.26 Å². The average Bonchev–Trinajstić information content (AvgIpc) is 3.10. The van der Waals surface area contributed by atoms with Gasteiger partial charge in [0.1, 0.15) is 5.75 Å². The summed E-state index contributed by atoms with van der Waals surface area (Å²) in [5.74, 6) is 1.86. The first-order valence-electron chi connectivity index (χ1n) is 8.48. The van der Waals surface area contributed by atoms with Gasteiger partial charge < -0.3 is 14.2 Å². The zero-order valence-electron chi connectivity index (χ0n) is 14.7. The van der Waals surface area contributed by atoms with Gasteiger partial charge in [0.15, 0.2) is 0 Å². The number of methoxy groups -OCH3 is 1. The SMILES string of the molecule is COc1ccccc1-c1noc(C2CN(C(=O)c3ccc(C)cc3)C2)n1. The van der Waals surface area contributed by atoms with Crippen molar-refractivity contribution >= 4 is 5.91 Å². The molecule has 26 heavy (non-hydrogen) atoms. The molecule has 2 heterocycles. The summed E-state index contributed by atoms with van der Waals surface area (Å²) in [5.41, 5.74) is 2.63. The van der Waals surface area contributed by atoms with Gasteiger partial charge in [0.2, 0.25) is 11.7 Å². The van der Waals surface area contributed by atoms with Crippen LogP contribution < -0.4 is 4.74 Å². The quantitative estimate of drug-likeness (QED) is 0.723. The molecule has 2 aromatic carbocycles. The van der Waals surface area contributed by atoms with Gasteiger partial charge >= 0.3 is 0 Å². The Hall–Kier alpha value is -3.15. The van der Waals surface area contributed by atoms with Gasteiger partial charge in [0.05, 0.1) is 18.6 Å². The molecule has 3 aromatic rings. The van der Waals surface area contributed by atoms with Gasteiger partial charge in [-0.25, -0.2) is 0 Å². The summed E-state index contributed by atoms with van der Waals surface area (Å²) in [6, 6.07) is 15.2. The maximum atomic E-state index is 12.5. The predicted molar refractivity (Wildman–Crippen MR) is 96.1 cm³/mol. The van der Waals surface area contributed by atoms with E-state index in [9.17, 15) is 4.79 Å². The van der Waals surface area contributed by atoms with Crippen LogP contribution in [-0.4, -0.2) is 41.1 Å². The van der Waals surface area contributed by atoms with Gasteiger partial charge in [-0.05, 0) is 31.2 Å². The number of carbonyl (C=O) groups is 1. The van der Waals surface area contributed by atoms with Gasteiger partial charge in [0.25, 0.3) is 5.91 Å². The Balaban J connectivity index is 1.44. The van der Waals surface area contributed by atoms with Gasteiger partial charge in [-0.3, -0.25) is 4.79 Å². The first-order chi connectivity index (χ1) is 12.7. The van der Waals surface area contributed by atoms with E-state index in [1.807, 2.05) is 55.5 Å². The largest absolute Gasteiger partial charge is 0.496 e. The van der Waals surface area contributed by atoms with E-state index in [2.05, 4.69) is 10.1 Å². The number of ether oxygens (including phenoxy) is 1. The van der Waals surface area contributed by atoms with Gasteiger partial charge in [-0.15, -0.1) is 0 Å².